The largest absolute Gasteiger partial charge is 0.472 e. The fourth-order valence-electron chi connectivity index (χ4n) is 3.91. The van der Waals surface area contributed by atoms with Crippen molar-refractivity contribution in [3.05, 3.63) is 65.1 Å². The second kappa shape index (κ2) is 10.7. The van der Waals surface area contributed by atoms with Gasteiger partial charge in [0.15, 0.2) is 0 Å². The van der Waals surface area contributed by atoms with E-state index in [4.69, 9.17) is 4.74 Å². The summed E-state index contributed by atoms with van der Waals surface area (Å²) in [4.78, 5) is 21.5. The molecule has 1 N–H and O–H groups in total. The third-order valence-corrected chi connectivity index (χ3v) is 5.79. The van der Waals surface area contributed by atoms with Crippen LogP contribution in [0.15, 0.2) is 42.6 Å². The number of pyridine rings is 1. The van der Waals surface area contributed by atoms with Crippen molar-refractivity contribution >= 4 is 12.0 Å². The first kappa shape index (κ1) is 23.9. The van der Waals surface area contributed by atoms with Crippen molar-refractivity contribution in [1.82, 2.24) is 14.8 Å². The number of benzene rings is 1. The quantitative estimate of drug-likeness (QED) is 0.711. The van der Waals surface area contributed by atoms with E-state index in [1.54, 1.807) is 29.3 Å². The third-order valence-electron chi connectivity index (χ3n) is 5.79. The van der Waals surface area contributed by atoms with Gasteiger partial charge in [0.2, 0.25) is 5.88 Å². The van der Waals surface area contributed by atoms with Gasteiger partial charge < -0.3 is 14.7 Å². The van der Waals surface area contributed by atoms with E-state index < -0.39 is 0 Å². The Kier molecular flexibility index (Phi) is 7.99. The van der Waals surface area contributed by atoms with E-state index in [9.17, 15) is 14.3 Å². The SMILES string of the molecule is CC=Cc1cnc2c(c1)C(=O)N([C@@H](C)CO)C[C@@H](C)[C@H](CN(C)Cc1ccccc1F)O2. The van der Waals surface area contributed by atoms with Gasteiger partial charge in [0, 0.05) is 37.3 Å². The maximum absolute atomic E-state index is 14.1. The van der Waals surface area contributed by atoms with Crippen LogP contribution in [0.1, 0.15) is 42.3 Å². The van der Waals surface area contributed by atoms with Crippen molar-refractivity contribution < 1.29 is 19.0 Å². The molecule has 6 nitrogen and oxygen atoms in total. The molecule has 3 rings (SSSR count). The lowest BCUT2D eigenvalue weighted by molar-refractivity contribution is 0.0324. The average Bonchev–Trinajstić information content (AvgIpc) is 2.78. The molecule has 0 saturated carbocycles. The number of amides is 1. The molecule has 7 heteroatoms. The van der Waals surface area contributed by atoms with Crippen LogP contribution in [0.5, 0.6) is 5.88 Å². The molecule has 0 bridgehead atoms. The molecule has 0 aliphatic carbocycles. The highest BCUT2D eigenvalue weighted by molar-refractivity contribution is 5.97. The molecule has 1 aliphatic heterocycles. The Morgan fingerprint density at radius 1 is 1.41 bits per heavy atom. The highest BCUT2D eigenvalue weighted by atomic mass is 19.1. The Morgan fingerprint density at radius 3 is 2.84 bits per heavy atom. The zero-order valence-electron chi connectivity index (χ0n) is 19.2. The van der Waals surface area contributed by atoms with Crippen molar-refractivity contribution in [2.24, 2.45) is 5.92 Å². The Labute approximate surface area is 189 Å². The fourth-order valence-corrected chi connectivity index (χ4v) is 3.91. The van der Waals surface area contributed by atoms with E-state index in [1.807, 2.05) is 50.9 Å². The number of aliphatic hydroxyl groups is 1. The molecule has 0 unspecified atom stereocenters. The van der Waals surface area contributed by atoms with Crippen molar-refractivity contribution in [2.75, 3.05) is 26.7 Å². The number of allylic oxidation sites excluding steroid dienone is 1. The number of aliphatic hydroxyl groups excluding tert-OH is 1. The molecule has 0 spiro atoms. The van der Waals surface area contributed by atoms with E-state index in [-0.39, 0.29) is 42.3 Å². The first-order valence-electron chi connectivity index (χ1n) is 11.0. The summed E-state index contributed by atoms with van der Waals surface area (Å²) < 4.78 is 20.4. The minimum absolute atomic E-state index is 0.0267. The average molecular weight is 442 g/mol. The number of aromatic nitrogens is 1. The molecule has 1 aromatic carbocycles. The molecular formula is C25H32FN3O3. The molecule has 1 aromatic heterocycles. The highest BCUT2D eigenvalue weighted by Crippen LogP contribution is 2.28. The molecule has 2 heterocycles. The predicted octanol–water partition coefficient (Wildman–Crippen LogP) is 3.61. The lowest BCUT2D eigenvalue weighted by Gasteiger charge is -2.37. The van der Waals surface area contributed by atoms with Crippen LogP contribution in [0.2, 0.25) is 0 Å². The van der Waals surface area contributed by atoms with Gasteiger partial charge in [-0.3, -0.25) is 9.69 Å². The maximum Gasteiger partial charge on any atom is 0.259 e. The number of rotatable bonds is 7. The van der Waals surface area contributed by atoms with Gasteiger partial charge in [-0.25, -0.2) is 9.37 Å². The van der Waals surface area contributed by atoms with Crippen molar-refractivity contribution in [1.29, 1.82) is 0 Å². The second-order valence-electron chi connectivity index (χ2n) is 8.53. The van der Waals surface area contributed by atoms with Gasteiger partial charge in [-0.2, -0.15) is 0 Å². The van der Waals surface area contributed by atoms with Crippen LogP contribution in [0, 0.1) is 11.7 Å². The number of carbonyl (C=O) groups is 1. The zero-order valence-corrected chi connectivity index (χ0v) is 19.2. The van der Waals surface area contributed by atoms with E-state index >= 15 is 0 Å². The monoisotopic (exact) mass is 441 g/mol. The number of hydrogen-bond donors (Lipinski definition) is 1. The van der Waals surface area contributed by atoms with E-state index in [2.05, 4.69) is 4.98 Å². The number of fused-ring (bicyclic) bond motifs is 1. The van der Waals surface area contributed by atoms with Gasteiger partial charge >= 0.3 is 0 Å². The second-order valence-corrected chi connectivity index (χ2v) is 8.53. The summed E-state index contributed by atoms with van der Waals surface area (Å²) in [6.45, 7) is 7.03. The van der Waals surface area contributed by atoms with Crippen molar-refractivity contribution in [2.45, 2.75) is 39.5 Å². The normalized spacial score (nSPS) is 20.1. The minimum Gasteiger partial charge on any atom is -0.472 e. The van der Waals surface area contributed by atoms with E-state index in [0.717, 1.165) is 5.56 Å². The summed E-state index contributed by atoms with van der Waals surface area (Å²) in [7, 11) is 1.92. The van der Waals surface area contributed by atoms with E-state index in [0.29, 0.717) is 30.8 Å². The molecule has 0 saturated heterocycles. The van der Waals surface area contributed by atoms with Crippen LogP contribution in [0.4, 0.5) is 4.39 Å². The van der Waals surface area contributed by atoms with E-state index in [1.165, 1.54) is 6.07 Å². The summed E-state index contributed by atoms with van der Waals surface area (Å²) in [6.07, 6.45) is 5.17. The third kappa shape index (κ3) is 5.53. The number of likely N-dealkylation sites (N-methyl/N-ethyl adjacent to an activating group) is 1. The number of halogens is 1. The number of ether oxygens (including phenoxy) is 1. The molecule has 0 radical (unpaired) electrons. The molecule has 3 atom stereocenters. The predicted molar refractivity (Wildman–Crippen MR) is 123 cm³/mol. The summed E-state index contributed by atoms with van der Waals surface area (Å²) in [5.41, 5.74) is 1.81. The van der Waals surface area contributed by atoms with Crippen molar-refractivity contribution in [3.8, 4) is 5.88 Å². The number of nitrogens with zero attached hydrogens (tertiary/aromatic N) is 3. The molecule has 2 aromatic rings. The topological polar surface area (TPSA) is 65.9 Å². The van der Waals surface area contributed by atoms with Gasteiger partial charge in [0.25, 0.3) is 5.91 Å². The summed E-state index contributed by atoms with van der Waals surface area (Å²) in [6, 6.07) is 8.18. The first-order valence-corrected chi connectivity index (χ1v) is 11.0. The Balaban J connectivity index is 1.90. The van der Waals surface area contributed by atoms with Crippen LogP contribution in [0.25, 0.3) is 6.08 Å². The summed E-state index contributed by atoms with van der Waals surface area (Å²) in [5, 5.41) is 9.75. The summed E-state index contributed by atoms with van der Waals surface area (Å²) >= 11 is 0. The minimum atomic E-state index is -0.335. The lowest BCUT2D eigenvalue weighted by atomic mass is 9.99. The van der Waals surface area contributed by atoms with Crippen LogP contribution < -0.4 is 4.74 Å². The maximum atomic E-state index is 14.1. The lowest BCUT2D eigenvalue weighted by Crippen LogP contribution is -2.49. The van der Waals surface area contributed by atoms with Crippen LogP contribution in [0.3, 0.4) is 0 Å². The van der Waals surface area contributed by atoms with Crippen molar-refractivity contribution in [3.63, 3.8) is 0 Å². The van der Waals surface area contributed by atoms with Crippen LogP contribution in [-0.4, -0.2) is 64.7 Å². The van der Waals surface area contributed by atoms with Gasteiger partial charge in [-0.1, -0.05) is 37.3 Å². The molecule has 32 heavy (non-hydrogen) atoms. The van der Waals surface area contributed by atoms with Gasteiger partial charge in [-0.05, 0) is 38.6 Å². The highest BCUT2D eigenvalue weighted by Gasteiger charge is 2.34. The molecule has 1 aliphatic rings. The number of hydrogen-bond acceptors (Lipinski definition) is 5. The standard InChI is InChI=1S/C25H32FN3O3/c1-5-8-19-11-21-24(27-12-19)32-23(17(2)13-29(25(21)31)18(3)16-30)15-28(4)14-20-9-6-7-10-22(20)26/h5-12,17-18,23,30H,13-16H2,1-4H3/t17-,18+,23+/m1/s1. The summed E-state index contributed by atoms with van der Waals surface area (Å²) in [5.74, 6) is -0.177. The molecule has 1 amide bonds. The van der Waals surface area contributed by atoms with Gasteiger partial charge in [0.05, 0.1) is 12.6 Å². The fraction of sp³-hybridized carbons (Fsp3) is 0.440. The Hall–Kier alpha value is -2.77. The number of carbonyl (C=O) groups excluding carboxylic acids is 1. The Morgan fingerprint density at radius 2 is 2.16 bits per heavy atom. The molecular weight excluding hydrogens is 409 g/mol. The first-order chi connectivity index (χ1) is 15.3. The molecule has 172 valence electrons. The van der Waals surface area contributed by atoms with Crippen LogP contribution in [-0.2, 0) is 6.54 Å². The Bertz CT molecular complexity index is 965. The van der Waals surface area contributed by atoms with Gasteiger partial charge in [0.1, 0.15) is 17.5 Å². The zero-order chi connectivity index (χ0) is 23.3. The smallest absolute Gasteiger partial charge is 0.259 e. The van der Waals surface area contributed by atoms with Gasteiger partial charge in [-0.15, -0.1) is 0 Å². The van der Waals surface area contributed by atoms with Crippen LogP contribution >= 0.6 is 0 Å². The molecule has 0 fully saturated rings.